The Labute approximate surface area is 93.4 Å². The molecule has 4 nitrogen and oxygen atoms in total. The van der Waals surface area contributed by atoms with Crippen LogP contribution in [-0.2, 0) is 4.74 Å². The Hall–Kier alpha value is -2.28. The van der Waals surface area contributed by atoms with Gasteiger partial charge in [0.25, 0.3) is 0 Å². The van der Waals surface area contributed by atoms with Crippen LogP contribution in [0.2, 0.25) is 0 Å². The lowest BCUT2D eigenvalue weighted by molar-refractivity contribution is -0.357. The number of hydrogen-bond acceptors (Lipinski definition) is 4. The van der Waals surface area contributed by atoms with Crippen LogP contribution < -0.4 is 5.11 Å². The number of ketones is 1. The maximum Gasteiger partial charge on any atom is 0.205 e. The lowest BCUT2D eigenvalue weighted by atomic mass is 10.1. The molecule has 0 aromatic heterocycles. The van der Waals surface area contributed by atoms with Crippen molar-refractivity contribution in [3.05, 3.63) is 47.4 Å². The van der Waals surface area contributed by atoms with Gasteiger partial charge in [-0.1, -0.05) is 37.3 Å². The van der Waals surface area contributed by atoms with E-state index in [0.29, 0.717) is 5.56 Å². The van der Waals surface area contributed by atoms with Crippen molar-refractivity contribution in [3.8, 4) is 6.07 Å². The maximum atomic E-state index is 11.7. The van der Waals surface area contributed by atoms with Gasteiger partial charge in [0.05, 0.1) is 5.95 Å². The zero-order chi connectivity index (χ0) is 12.0. The molecule has 0 aliphatic rings. The van der Waals surface area contributed by atoms with Crippen molar-refractivity contribution in [3.63, 3.8) is 0 Å². The van der Waals surface area contributed by atoms with Gasteiger partial charge >= 0.3 is 0 Å². The molecule has 0 spiro atoms. The molecule has 0 amide bonds. The third-order valence-electron chi connectivity index (χ3n) is 1.85. The molecule has 0 bridgehead atoms. The van der Waals surface area contributed by atoms with E-state index < -0.39 is 17.3 Å². The summed E-state index contributed by atoms with van der Waals surface area (Å²) >= 11 is 0. The van der Waals surface area contributed by atoms with Gasteiger partial charge in [-0.2, -0.15) is 5.26 Å². The second-order valence-corrected chi connectivity index (χ2v) is 2.90. The van der Waals surface area contributed by atoms with Gasteiger partial charge in [0.2, 0.25) is 5.78 Å². The Morgan fingerprint density at radius 3 is 2.56 bits per heavy atom. The van der Waals surface area contributed by atoms with Crippen molar-refractivity contribution in [1.29, 1.82) is 5.26 Å². The summed E-state index contributed by atoms with van der Waals surface area (Å²) in [5, 5.41) is 20.0. The van der Waals surface area contributed by atoms with Gasteiger partial charge in [-0.05, 0) is 6.61 Å². The number of rotatable bonds is 4. The number of nitriles is 1. The summed E-state index contributed by atoms with van der Waals surface area (Å²) in [6, 6.07) is 9.72. The Morgan fingerprint density at radius 1 is 1.44 bits per heavy atom. The normalized spacial score (nSPS) is 11.2. The third kappa shape index (κ3) is 2.61. The first-order valence-electron chi connectivity index (χ1n) is 4.74. The summed E-state index contributed by atoms with van der Waals surface area (Å²) in [6.07, 6.45) is 0. The predicted octanol–water partition coefficient (Wildman–Crippen LogP) is 1.00. The van der Waals surface area contributed by atoms with E-state index in [4.69, 9.17) is 5.26 Å². The molecule has 0 radical (unpaired) electrons. The van der Waals surface area contributed by atoms with Crippen molar-refractivity contribution < 1.29 is 14.6 Å². The molecule has 0 saturated carbocycles. The van der Waals surface area contributed by atoms with E-state index in [9.17, 15) is 9.90 Å². The van der Waals surface area contributed by atoms with Crippen LogP contribution in [0.5, 0.6) is 0 Å². The van der Waals surface area contributed by atoms with Crippen LogP contribution >= 0.6 is 0 Å². The van der Waals surface area contributed by atoms with Gasteiger partial charge in [0, 0.05) is 5.56 Å². The molecular formula is C12H10NO3-. The van der Waals surface area contributed by atoms with E-state index in [1.807, 2.05) is 0 Å². The number of carbonyl (C=O) groups excluding carboxylic acids is 1. The minimum atomic E-state index is -0.876. The monoisotopic (exact) mass is 216 g/mol. The predicted molar refractivity (Wildman–Crippen MR) is 55.0 cm³/mol. The molecule has 0 atom stereocenters. The van der Waals surface area contributed by atoms with Crippen LogP contribution in [-0.4, -0.2) is 12.4 Å². The van der Waals surface area contributed by atoms with E-state index in [1.165, 1.54) is 0 Å². The highest BCUT2D eigenvalue weighted by atomic mass is 16.6. The topological polar surface area (TPSA) is 73.2 Å². The molecule has 0 aliphatic carbocycles. The molecule has 0 aliphatic heterocycles. The number of Topliss-reactive ketones (excluding diaryl/α,β-unsaturated/α-hetero) is 1. The molecule has 0 saturated heterocycles. The first-order chi connectivity index (χ1) is 7.70. The van der Waals surface area contributed by atoms with E-state index in [-0.39, 0.29) is 6.61 Å². The SMILES string of the molecule is CCOC([O-])=C(C#N)C(=O)c1ccccc1. The van der Waals surface area contributed by atoms with Crippen molar-refractivity contribution in [2.75, 3.05) is 6.61 Å². The molecule has 1 aromatic rings. The summed E-state index contributed by atoms with van der Waals surface area (Å²) < 4.78 is 4.62. The molecule has 0 heterocycles. The van der Waals surface area contributed by atoms with Crippen molar-refractivity contribution in [2.24, 2.45) is 0 Å². The number of hydrogen-bond donors (Lipinski definition) is 0. The lowest BCUT2D eigenvalue weighted by Crippen LogP contribution is -2.16. The Bertz CT molecular complexity index is 443. The summed E-state index contributed by atoms with van der Waals surface area (Å²) in [7, 11) is 0. The van der Waals surface area contributed by atoms with Crippen LogP contribution in [0.1, 0.15) is 17.3 Å². The fraction of sp³-hybridized carbons (Fsp3) is 0.167. The molecule has 1 aromatic carbocycles. The van der Waals surface area contributed by atoms with Gasteiger partial charge in [0.15, 0.2) is 0 Å². The average Bonchev–Trinajstić information content (AvgIpc) is 2.31. The van der Waals surface area contributed by atoms with Gasteiger partial charge in [-0.15, -0.1) is 0 Å². The van der Waals surface area contributed by atoms with Crippen molar-refractivity contribution in [1.82, 2.24) is 0 Å². The molecule has 4 heteroatoms. The zero-order valence-corrected chi connectivity index (χ0v) is 8.77. The highest BCUT2D eigenvalue weighted by Crippen LogP contribution is 2.09. The van der Waals surface area contributed by atoms with E-state index in [1.54, 1.807) is 43.3 Å². The van der Waals surface area contributed by atoms with Crippen molar-refractivity contribution in [2.45, 2.75) is 6.92 Å². The minimum Gasteiger partial charge on any atom is -0.613 e. The van der Waals surface area contributed by atoms with Gasteiger partial charge in [0.1, 0.15) is 11.6 Å². The van der Waals surface area contributed by atoms with Gasteiger partial charge in [-0.3, -0.25) is 4.79 Å². The number of ether oxygens (including phenoxy) is 1. The first kappa shape index (κ1) is 11.8. The second kappa shape index (κ2) is 5.56. The summed E-state index contributed by atoms with van der Waals surface area (Å²) in [5.41, 5.74) is -0.194. The van der Waals surface area contributed by atoms with Gasteiger partial charge < -0.3 is 9.84 Å². The molecule has 16 heavy (non-hydrogen) atoms. The van der Waals surface area contributed by atoms with Crippen LogP contribution in [0.4, 0.5) is 0 Å². The Balaban J connectivity index is 3.05. The Kier molecular flexibility index (Phi) is 4.10. The molecule has 0 N–H and O–H groups in total. The zero-order valence-electron chi connectivity index (χ0n) is 8.77. The Morgan fingerprint density at radius 2 is 2.06 bits per heavy atom. The van der Waals surface area contributed by atoms with E-state index in [2.05, 4.69) is 4.74 Å². The number of allylic oxidation sites excluding steroid dienone is 1. The minimum absolute atomic E-state index is 0.131. The highest BCUT2D eigenvalue weighted by Gasteiger charge is 2.13. The summed E-state index contributed by atoms with van der Waals surface area (Å²) in [4.78, 5) is 11.7. The van der Waals surface area contributed by atoms with Crippen LogP contribution in [0.3, 0.4) is 0 Å². The molecular weight excluding hydrogens is 206 g/mol. The fourth-order valence-corrected chi connectivity index (χ4v) is 1.13. The van der Waals surface area contributed by atoms with Crippen LogP contribution in [0.15, 0.2) is 41.9 Å². The third-order valence-corrected chi connectivity index (χ3v) is 1.85. The smallest absolute Gasteiger partial charge is 0.205 e. The highest BCUT2D eigenvalue weighted by molar-refractivity contribution is 6.11. The van der Waals surface area contributed by atoms with E-state index >= 15 is 0 Å². The van der Waals surface area contributed by atoms with Crippen LogP contribution in [0, 0.1) is 11.3 Å². The van der Waals surface area contributed by atoms with Gasteiger partial charge in [-0.25, -0.2) is 0 Å². The largest absolute Gasteiger partial charge is 0.613 e. The van der Waals surface area contributed by atoms with E-state index in [0.717, 1.165) is 0 Å². The number of carbonyl (C=O) groups is 1. The molecule has 0 fully saturated rings. The van der Waals surface area contributed by atoms with Crippen LogP contribution in [0.25, 0.3) is 0 Å². The molecule has 82 valence electrons. The lowest BCUT2D eigenvalue weighted by Gasteiger charge is -2.14. The standard InChI is InChI=1S/C12H11NO3/c1-2-16-12(15)10(8-13)11(14)9-6-4-3-5-7-9/h3-7,15H,2H2,1H3/p-1. The number of nitrogens with zero attached hydrogens (tertiary/aromatic N) is 1. The number of benzene rings is 1. The molecule has 1 rings (SSSR count). The summed E-state index contributed by atoms with van der Waals surface area (Å²) in [5.74, 6) is -1.49. The summed E-state index contributed by atoms with van der Waals surface area (Å²) in [6.45, 7) is 1.74. The average molecular weight is 216 g/mol. The first-order valence-corrected chi connectivity index (χ1v) is 4.74. The second-order valence-electron chi connectivity index (χ2n) is 2.90. The molecule has 0 unspecified atom stereocenters. The van der Waals surface area contributed by atoms with Crippen molar-refractivity contribution >= 4 is 5.78 Å². The maximum absolute atomic E-state index is 11.7. The fourth-order valence-electron chi connectivity index (χ4n) is 1.13. The quantitative estimate of drug-likeness (QED) is 0.326.